The first kappa shape index (κ1) is 10.6. The molecule has 2 rings (SSSR count). The molecule has 0 radical (unpaired) electrons. The summed E-state index contributed by atoms with van der Waals surface area (Å²) in [5.74, 6) is 0.230. The van der Waals surface area contributed by atoms with Gasteiger partial charge in [-0.3, -0.25) is 14.9 Å². The van der Waals surface area contributed by atoms with Crippen LogP contribution >= 0.6 is 0 Å². The van der Waals surface area contributed by atoms with Gasteiger partial charge in [-0.1, -0.05) is 6.92 Å². The molecule has 2 amide bonds. The van der Waals surface area contributed by atoms with Gasteiger partial charge in [0.25, 0.3) is 0 Å². The molecule has 0 aromatic carbocycles. The van der Waals surface area contributed by atoms with Crippen molar-refractivity contribution < 1.29 is 9.59 Å². The smallest absolute Gasteiger partial charge is 0.230 e. The van der Waals surface area contributed by atoms with Gasteiger partial charge in [0.1, 0.15) is 0 Å². The maximum absolute atomic E-state index is 11.5. The summed E-state index contributed by atoms with van der Waals surface area (Å²) in [5, 5.41) is 2.40. The second kappa shape index (κ2) is 4.31. The highest BCUT2D eigenvalue weighted by molar-refractivity contribution is 6.03. The Morgan fingerprint density at radius 1 is 1.33 bits per heavy atom. The monoisotopic (exact) mass is 210 g/mol. The van der Waals surface area contributed by atoms with E-state index < -0.39 is 0 Å². The average Bonchev–Trinajstić information content (AvgIpc) is 2.58. The quantitative estimate of drug-likeness (QED) is 0.670. The zero-order valence-electron chi connectivity index (χ0n) is 9.16. The second-order valence-electron chi connectivity index (χ2n) is 4.49. The molecule has 0 aromatic rings. The molecular formula is C11H18N2O2. The van der Waals surface area contributed by atoms with E-state index in [1.807, 2.05) is 0 Å². The molecular weight excluding hydrogens is 192 g/mol. The van der Waals surface area contributed by atoms with Gasteiger partial charge in [-0.25, -0.2) is 0 Å². The zero-order valence-corrected chi connectivity index (χ0v) is 9.16. The number of hydrogen-bond donors (Lipinski definition) is 1. The van der Waals surface area contributed by atoms with Gasteiger partial charge in [-0.05, 0) is 38.4 Å². The number of piperidine rings is 1. The fraction of sp³-hybridized carbons (Fsp3) is 0.818. The van der Waals surface area contributed by atoms with Crippen LogP contribution < -0.4 is 5.32 Å². The molecule has 15 heavy (non-hydrogen) atoms. The molecule has 0 saturated carbocycles. The minimum absolute atomic E-state index is 0.0449. The lowest BCUT2D eigenvalue weighted by molar-refractivity contribution is -0.126. The third-order valence-corrected chi connectivity index (χ3v) is 3.65. The highest BCUT2D eigenvalue weighted by Crippen LogP contribution is 2.29. The number of hydrogen-bond acceptors (Lipinski definition) is 3. The Morgan fingerprint density at radius 3 is 2.47 bits per heavy atom. The Morgan fingerprint density at radius 2 is 2.00 bits per heavy atom. The van der Waals surface area contributed by atoms with Crippen molar-refractivity contribution in [3.8, 4) is 0 Å². The topological polar surface area (TPSA) is 49.4 Å². The van der Waals surface area contributed by atoms with Crippen LogP contribution in [-0.4, -0.2) is 36.3 Å². The van der Waals surface area contributed by atoms with Crippen LogP contribution in [0.4, 0.5) is 0 Å². The van der Waals surface area contributed by atoms with Crippen LogP contribution in [0.3, 0.4) is 0 Å². The van der Waals surface area contributed by atoms with Crippen LogP contribution in [0.15, 0.2) is 0 Å². The van der Waals surface area contributed by atoms with Crippen molar-refractivity contribution in [1.29, 1.82) is 0 Å². The Hall–Kier alpha value is -0.900. The predicted molar refractivity (Wildman–Crippen MR) is 56.1 cm³/mol. The van der Waals surface area contributed by atoms with Crippen LogP contribution in [0.2, 0.25) is 0 Å². The maximum Gasteiger partial charge on any atom is 0.230 e. The second-order valence-corrected chi connectivity index (χ2v) is 4.49. The minimum atomic E-state index is -0.0945. The lowest BCUT2D eigenvalue weighted by Gasteiger charge is -2.32. The van der Waals surface area contributed by atoms with Crippen molar-refractivity contribution in [2.45, 2.75) is 26.2 Å². The number of carbonyl (C=O) groups is 2. The van der Waals surface area contributed by atoms with Crippen molar-refractivity contribution in [2.24, 2.45) is 11.8 Å². The predicted octanol–water partition coefficient (Wildman–Crippen LogP) is 0.381. The van der Waals surface area contributed by atoms with E-state index in [9.17, 15) is 9.59 Å². The molecule has 2 fully saturated rings. The van der Waals surface area contributed by atoms with Gasteiger partial charge in [0, 0.05) is 6.42 Å². The SMILES string of the molecule is CCN1CCC(C2CC(=O)NC2=O)CC1. The number of amides is 2. The molecule has 0 bridgehead atoms. The van der Waals surface area contributed by atoms with Crippen molar-refractivity contribution in [3.63, 3.8) is 0 Å². The van der Waals surface area contributed by atoms with Crippen LogP contribution in [0.5, 0.6) is 0 Å². The number of imide groups is 1. The Balaban J connectivity index is 1.90. The number of carbonyl (C=O) groups excluding carboxylic acids is 2. The van der Waals surface area contributed by atoms with Gasteiger partial charge < -0.3 is 4.90 Å². The highest BCUT2D eigenvalue weighted by atomic mass is 16.2. The third kappa shape index (κ3) is 2.20. The molecule has 0 aliphatic carbocycles. The standard InChI is InChI=1S/C11H18N2O2/c1-2-13-5-3-8(4-6-13)9-7-10(14)12-11(9)15/h8-9H,2-7H2,1H3,(H,12,14,15). The summed E-state index contributed by atoms with van der Waals surface area (Å²) in [6.45, 7) is 5.38. The summed E-state index contributed by atoms with van der Waals surface area (Å²) < 4.78 is 0. The summed E-state index contributed by atoms with van der Waals surface area (Å²) in [7, 11) is 0. The van der Waals surface area contributed by atoms with E-state index in [1.54, 1.807) is 0 Å². The van der Waals surface area contributed by atoms with Crippen molar-refractivity contribution in [2.75, 3.05) is 19.6 Å². The molecule has 1 unspecified atom stereocenters. The molecule has 2 saturated heterocycles. The first-order valence-corrected chi connectivity index (χ1v) is 5.76. The maximum atomic E-state index is 11.5. The fourth-order valence-corrected chi connectivity index (χ4v) is 2.63. The highest BCUT2D eigenvalue weighted by Gasteiger charge is 2.37. The van der Waals surface area contributed by atoms with E-state index in [-0.39, 0.29) is 17.7 Å². The van der Waals surface area contributed by atoms with Crippen LogP contribution in [0.1, 0.15) is 26.2 Å². The van der Waals surface area contributed by atoms with E-state index in [4.69, 9.17) is 0 Å². The van der Waals surface area contributed by atoms with E-state index in [0.29, 0.717) is 12.3 Å². The molecule has 2 aliphatic heterocycles. The van der Waals surface area contributed by atoms with Crippen molar-refractivity contribution >= 4 is 11.8 Å². The minimum Gasteiger partial charge on any atom is -0.304 e. The molecule has 2 aliphatic rings. The summed E-state index contributed by atoms with van der Waals surface area (Å²) >= 11 is 0. The van der Waals surface area contributed by atoms with Crippen LogP contribution in [0.25, 0.3) is 0 Å². The van der Waals surface area contributed by atoms with E-state index >= 15 is 0 Å². The summed E-state index contributed by atoms with van der Waals surface area (Å²) in [4.78, 5) is 25.0. The zero-order chi connectivity index (χ0) is 10.8. The Labute approximate surface area is 90.0 Å². The van der Waals surface area contributed by atoms with Gasteiger partial charge in [-0.2, -0.15) is 0 Å². The van der Waals surface area contributed by atoms with Gasteiger partial charge >= 0.3 is 0 Å². The fourth-order valence-electron chi connectivity index (χ4n) is 2.63. The molecule has 84 valence electrons. The number of nitrogens with one attached hydrogen (secondary N) is 1. The van der Waals surface area contributed by atoms with Gasteiger partial charge in [0.05, 0.1) is 5.92 Å². The molecule has 1 N–H and O–H groups in total. The normalized spacial score (nSPS) is 29.5. The lowest BCUT2D eigenvalue weighted by Crippen LogP contribution is -2.37. The average molecular weight is 210 g/mol. The number of likely N-dealkylation sites (tertiary alicyclic amines) is 1. The molecule has 0 aromatic heterocycles. The summed E-state index contributed by atoms with van der Waals surface area (Å²) in [6.07, 6.45) is 2.52. The van der Waals surface area contributed by atoms with Crippen LogP contribution in [0, 0.1) is 11.8 Å². The largest absolute Gasteiger partial charge is 0.304 e. The first-order chi connectivity index (χ1) is 7.20. The molecule has 0 spiro atoms. The molecule has 2 heterocycles. The summed E-state index contributed by atoms with van der Waals surface area (Å²) in [6, 6.07) is 0. The van der Waals surface area contributed by atoms with Gasteiger partial charge in [-0.15, -0.1) is 0 Å². The molecule has 4 nitrogen and oxygen atoms in total. The number of nitrogens with zero attached hydrogens (tertiary/aromatic N) is 1. The van der Waals surface area contributed by atoms with Crippen molar-refractivity contribution in [1.82, 2.24) is 10.2 Å². The van der Waals surface area contributed by atoms with E-state index in [0.717, 1.165) is 32.5 Å². The summed E-state index contributed by atoms with van der Waals surface area (Å²) in [5.41, 5.74) is 0. The number of rotatable bonds is 2. The van der Waals surface area contributed by atoms with Crippen molar-refractivity contribution in [3.05, 3.63) is 0 Å². The van der Waals surface area contributed by atoms with Gasteiger partial charge in [0.15, 0.2) is 0 Å². The van der Waals surface area contributed by atoms with E-state index in [1.165, 1.54) is 0 Å². The first-order valence-electron chi connectivity index (χ1n) is 5.76. The lowest BCUT2D eigenvalue weighted by atomic mass is 9.83. The van der Waals surface area contributed by atoms with E-state index in [2.05, 4.69) is 17.1 Å². The van der Waals surface area contributed by atoms with Gasteiger partial charge in [0.2, 0.25) is 11.8 Å². The Bertz CT molecular complexity index is 270. The third-order valence-electron chi connectivity index (χ3n) is 3.65. The molecule has 4 heteroatoms. The Kier molecular flexibility index (Phi) is 3.05. The molecule has 1 atom stereocenters. The van der Waals surface area contributed by atoms with Crippen LogP contribution in [-0.2, 0) is 9.59 Å².